The molecule has 1 aliphatic carbocycles. The summed E-state index contributed by atoms with van der Waals surface area (Å²) < 4.78 is 5.22. The van der Waals surface area contributed by atoms with E-state index in [0.29, 0.717) is 24.6 Å². The Balaban J connectivity index is 1.37. The number of ether oxygens (including phenoxy) is 1. The topological polar surface area (TPSA) is 87.3 Å². The molecule has 0 bridgehead atoms. The molecule has 1 amide bonds. The maximum atomic E-state index is 13.2. The third-order valence-corrected chi connectivity index (χ3v) is 5.90. The molecule has 28 heavy (non-hydrogen) atoms. The first-order valence-corrected chi connectivity index (χ1v) is 9.78. The van der Waals surface area contributed by atoms with Gasteiger partial charge >= 0.3 is 0 Å². The van der Waals surface area contributed by atoms with E-state index in [-0.39, 0.29) is 22.9 Å². The molecule has 2 fully saturated rings. The number of benzene rings is 1. The van der Waals surface area contributed by atoms with Gasteiger partial charge in [0.2, 0.25) is 11.9 Å². The van der Waals surface area contributed by atoms with Gasteiger partial charge < -0.3 is 15.0 Å². The summed E-state index contributed by atoms with van der Waals surface area (Å²) in [6.45, 7) is 3.16. The smallest absolute Gasteiger partial charge is 0.255 e. The SMILES string of the molecule is COc1ccc(C2(C(=O)N3CCC(Nc4ncc(C)c(=O)[nH]4)CC3)CC2)cc1. The van der Waals surface area contributed by atoms with Crippen LogP contribution >= 0.6 is 0 Å². The Morgan fingerprint density at radius 3 is 2.50 bits per heavy atom. The fraction of sp³-hybridized carbons (Fsp3) is 0.476. The van der Waals surface area contributed by atoms with Gasteiger partial charge in [-0.1, -0.05) is 12.1 Å². The summed E-state index contributed by atoms with van der Waals surface area (Å²) >= 11 is 0. The number of hydrogen-bond donors (Lipinski definition) is 2. The van der Waals surface area contributed by atoms with Crippen molar-refractivity contribution in [3.8, 4) is 5.75 Å². The van der Waals surface area contributed by atoms with Crippen LogP contribution in [0.25, 0.3) is 0 Å². The number of nitrogens with one attached hydrogen (secondary N) is 2. The van der Waals surface area contributed by atoms with Crippen LogP contribution in [-0.4, -0.2) is 47.0 Å². The molecule has 2 N–H and O–H groups in total. The molecule has 0 unspecified atom stereocenters. The Labute approximate surface area is 164 Å². The molecular formula is C21H26N4O3. The molecule has 0 radical (unpaired) electrons. The van der Waals surface area contributed by atoms with Crippen molar-refractivity contribution >= 4 is 11.9 Å². The van der Waals surface area contributed by atoms with E-state index in [1.807, 2.05) is 29.2 Å². The lowest BCUT2D eigenvalue weighted by Gasteiger charge is -2.35. The summed E-state index contributed by atoms with van der Waals surface area (Å²) in [5.41, 5.74) is 1.20. The van der Waals surface area contributed by atoms with Crippen LogP contribution in [-0.2, 0) is 10.2 Å². The molecule has 1 aromatic carbocycles. The summed E-state index contributed by atoms with van der Waals surface area (Å²) in [7, 11) is 1.65. The minimum Gasteiger partial charge on any atom is -0.497 e. The maximum Gasteiger partial charge on any atom is 0.255 e. The fourth-order valence-electron chi connectivity index (χ4n) is 3.92. The van der Waals surface area contributed by atoms with Crippen LogP contribution in [0, 0.1) is 6.92 Å². The van der Waals surface area contributed by atoms with Crippen molar-refractivity contribution in [2.24, 2.45) is 0 Å². The van der Waals surface area contributed by atoms with Gasteiger partial charge in [0.15, 0.2) is 0 Å². The van der Waals surface area contributed by atoms with Gasteiger partial charge in [-0.05, 0) is 50.3 Å². The minimum atomic E-state index is -0.351. The van der Waals surface area contributed by atoms with Gasteiger partial charge in [-0.2, -0.15) is 0 Å². The first-order chi connectivity index (χ1) is 13.5. The monoisotopic (exact) mass is 382 g/mol. The van der Waals surface area contributed by atoms with Crippen molar-refractivity contribution in [3.63, 3.8) is 0 Å². The van der Waals surface area contributed by atoms with Gasteiger partial charge in [0, 0.05) is 30.9 Å². The summed E-state index contributed by atoms with van der Waals surface area (Å²) in [5.74, 6) is 1.54. The molecule has 4 rings (SSSR count). The number of H-pyrrole nitrogens is 1. The Hall–Kier alpha value is -2.83. The van der Waals surface area contributed by atoms with Crippen molar-refractivity contribution < 1.29 is 9.53 Å². The van der Waals surface area contributed by atoms with Crippen LogP contribution in [0.15, 0.2) is 35.3 Å². The Kier molecular flexibility index (Phi) is 4.83. The van der Waals surface area contributed by atoms with E-state index in [0.717, 1.165) is 37.0 Å². The van der Waals surface area contributed by atoms with Crippen LogP contribution in [0.4, 0.5) is 5.95 Å². The number of anilines is 1. The average Bonchev–Trinajstić information content (AvgIpc) is 3.53. The number of piperidine rings is 1. The lowest BCUT2D eigenvalue weighted by atomic mass is 9.92. The lowest BCUT2D eigenvalue weighted by Crippen LogP contribution is -2.46. The second-order valence-electron chi connectivity index (χ2n) is 7.77. The summed E-state index contributed by atoms with van der Waals surface area (Å²) in [4.78, 5) is 33.9. The van der Waals surface area contributed by atoms with E-state index >= 15 is 0 Å². The maximum absolute atomic E-state index is 13.2. The molecule has 7 nitrogen and oxygen atoms in total. The van der Waals surface area contributed by atoms with Crippen molar-refractivity contribution in [2.45, 2.75) is 44.1 Å². The molecule has 1 aromatic heterocycles. The molecule has 2 aliphatic rings. The van der Waals surface area contributed by atoms with Crippen LogP contribution < -0.4 is 15.6 Å². The third-order valence-electron chi connectivity index (χ3n) is 5.90. The Morgan fingerprint density at radius 1 is 1.25 bits per heavy atom. The Morgan fingerprint density at radius 2 is 1.93 bits per heavy atom. The molecule has 0 atom stereocenters. The van der Waals surface area contributed by atoms with Gasteiger partial charge in [0.25, 0.3) is 5.56 Å². The van der Waals surface area contributed by atoms with Gasteiger partial charge in [-0.3, -0.25) is 14.6 Å². The zero-order chi connectivity index (χ0) is 19.7. The number of aryl methyl sites for hydroxylation is 1. The molecule has 2 aromatic rings. The van der Waals surface area contributed by atoms with Crippen molar-refractivity contribution in [1.82, 2.24) is 14.9 Å². The number of aromatic nitrogens is 2. The van der Waals surface area contributed by atoms with E-state index in [4.69, 9.17) is 4.74 Å². The number of hydrogen-bond acceptors (Lipinski definition) is 5. The number of aromatic amines is 1. The van der Waals surface area contributed by atoms with Crippen molar-refractivity contribution in [1.29, 1.82) is 0 Å². The van der Waals surface area contributed by atoms with Crippen LogP contribution in [0.2, 0.25) is 0 Å². The highest BCUT2D eigenvalue weighted by atomic mass is 16.5. The highest BCUT2D eigenvalue weighted by molar-refractivity contribution is 5.91. The molecule has 2 heterocycles. The summed E-state index contributed by atoms with van der Waals surface area (Å²) in [6.07, 6.45) is 5.06. The molecule has 0 spiro atoms. The Bertz CT molecular complexity index is 910. The van der Waals surface area contributed by atoms with E-state index < -0.39 is 0 Å². The summed E-state index contributed by atoms with van der Waals surface area (Å²) in [5, 5.41) is 3.29. The number of carbonyl (C=O) groups is 1. The van der Waals surface area contributed by atoms with E-state index in [1.165, 1.54) is 0 Å². The first-order valence-electron chi connectivity index (χ1n) is 9.78. The first kappa shape index (κ1) is 18.5. The quantitative estimate of drug-likeness (QED) is 0.828. The number of methoxy groups -OCH3 is 1. The van der Waals surface area contributed by atoms with Gasteiger partial charge in [-0.15, -0.1) is 0 Å². The average molecular weight is 382 g/mol. The molecule has 1 saturated heterocycles. The predicted octanol–water partition coefficient (Wildman–Crippen LogP) is 2.22. The zero-order valence-electron chi connectivity index (χ0n) is 16.3. The van der Waals surface area contributed by atoms with Gasteiger partial charge in [-0.25, -0.2) is 4.98 Å². The molecule has 7 heteroatoms. The van der Waals surface area contributed by atoms with Crippen molar-refractivity contribution in [2.75, 3.05) is 25.5 Å². The second kappa shape index (κ2) is 7.30. The van der Waals surface area contributed by atoms with Crippen LogP contribution in [0.1, 0.15) is 36.8 Å². The molecule has 1 aliphatic heterocycles. The highest BCUT2D eigenvalue weighted by Crippen LogP contribution is 2.50. The zero-order valence-corrected chi connectivity index (χ0v) is 16.3. The van der Waals surface area contributed by atoms with E-state index in [2.05, 4.69) is 15.3 Å². The van der Waals surface area contributed by atoms with Crippen LogP contribution in [0.3, 0.4) is 0 Å². The van der Waals surface area contributed by atoms with E-state index in [9.17, 15) is 9.59 Å². The van der Waals surface area contributed by atoms with Gasteiger partial charge in [0.1, 0.15) is 5.75 Å². The molecule has 148 valence electrons. The normalized spacial score (nSPS) is 18.6. The second-order valence-corrected chi connectivity index (χ2v) is 7.77. The van der Waals surface area contributed by atoms with Gasteiger partial charge in [0.05, 0.1) is 12.5 Å². The molecule has 1 saturated carbocycles. The highest BCUT2D eigenvalue weighted by Gasteiger charge is 2.53. The number of rotatable bonds is 5. The van der Waals surface area contributed by atoms with Crippen molar-refractivity contribution in [3.05, 3.63) is 51.9 Å². The molecular weight excluding hydrogens is 356 g/mol. The minimum absolute atomic E-state index is 0.125. The fourth-order valence-corrected chi connectivity index (χ4v) is 3.92. The van der Waals surface area contributed by atoms with E-state index in [1.54, 1.807) is 20.2 Å². The predicted molar refractivity (Wildman–Crippen MR) is 107 cm³/mol. The third kappa shape index (κ3) is 3.48. The number of nitrogens with zero attached hydrogens (tertiary/aromatic N) is 2. The largest absolute Gasteiger partial charge is 0.497 e. The standard InChI is InChI=1S/C21H26N4O3/c1-14-13-22-20(24-18(14)26)23-16-7-11-25(12-8-16)19(27)21(9-10-21)15-3-5-17(28-2)6-4-15/h3-6,13,16H,7-12H2,1-2H3,(H2,22,23,24,26). The number of carbonyl (C=O) groups excluding carboxylic acids is 1. The lowest BCUT2D eigenvalue weighted by molar-refractivity contribution is -0.134. The van der Waals surface area contributed by atoms with Crippen LogP contribution in [0.5, 0.6) is 5.75 Å². The number of amides is 1. The number of likely N-dealkylation sites (tertiary alicyclic amines) is 1. The summed E-state index contributed by atoms with van der Waals surface area (Å²) in [6, 6.07) is 8.07.